The van der Waals surface area contributed by atoms with Crippen molar-refractivity contribution >= 4 is 0 Å². The lowest BCUT2D eigenvalue weighted by Crippen LogP contribution is -2.51. The summed E-state index contributed by atoms with van der Waals surface area (Å²) in [5.41, 5.74) is 0. The molecule has 1 N–H and O–H groups in total. The molecule has 2 aliphatic heterocycles. The molecule has 3 unspecified atom stereocenters. The van der Waals surface area contributed by atoms with Crippen molar-refractivity contribution in [3.05, 3.63) is 0 Å². The molecule has 2 heterocycles. The average Bonchev–Trinajstić information content (AvgIpc) is 2.18. The van der Waals surface area contributed by atoms with E-state index in [0.717, 1.165) is 17.9 Å². The minimum Gasteiger partial charge on any atom is -0.315 e. The fourth-order valence-electron chi connectivity index (χ4n) is 3.15. The van der Waals surface area contributed by atoms with Crippen LogP contribution in [-0.4, -0.2) is 37.1 Å². The molecular weight excluding hydrogens is 172 g/mol. The topological polar surface area (TPSA) is 15.3 Å². The Morgan fingerprint density at radius 3 is 2.43 bits per heavy atom. The van der Waals surface area contributed by atoms with Crippen molar-refractivity contribution in [2.45, 2.75) is 39.2 Å². The third-order valence-corrected chi connectivity index (χ3v) is 3.68. The Bertz CT molecular complexity index is 165. The van der Waals surface area contributed by atoms with Crippen LogP contribution in [0.25, 0.3) is 0 Å². The molecule has 0 aliphatic carbocycles. The van der Waals surface area contributed by atoms with Gasteiger partial charge in [0, 0.05) is 25.7 Å². The zero-order valence-electron chi connectivity index (χ0n) is 9.63. The van der Waals surface area contributed by atoms with Crippen LogP contribution < -0.4 is 5.32 Å². The monoisotopic (exact) mass is 196 g/mol. The van der Waals surface area contributed by atoms with Crippen LogP contribution in [0.3, 0.4) is 0 Å². The van der Waals surface area contributed by atoms with Gasteiger partial charge in [-0.2, -0.15) is 0 Å². The van der Waals surface area contributed by atoms with Crippen LogP contribution in [0, 0.1) is 11.8 Å². The largest absolute Gasteiger partial charge is 0.315 e. The maximum atomic E-state index is 3.52. The predicted molar refractivity (Wildman–Crippen MR) is 60.4 cm³/mol. The molecule has 2 rings (SSSR count). The summed E-state index contributed by atoms with van der Waals surface area (Å²) in [6.07, 6.45) is 4.20. The van der Waals surface area contributed by atoms with Gasteiger partial charge in [0.1, 0.15) is 0 Å². The molecule has 0 aromatic rings. The Balaban J connectivity index is 1.88. The van der Waals surface area contributed by atoms with E-state index in [9.17, 15) is 0 Å². The van der Waals surface area contributed by atoms with Gasteiger partial charge in [-0.3, -0.25) is 4.90 Å². The Labute approximate surface area is 88.1 Å². The lowest BCUT2D eigenvalue weighted by atomic mass is 9.90. The van der Waals surface area contributed by atoms with Crippen LogP contribution in [0.15, 0.2) is 0 Å². The van der Waals surface area contributed by atoms with Crippen molar-refractivity contribution in [3.63, 3.8) is 0 Å². The molecule has 2 heteroatoms. The number of nitrogens with one attached hydrogen (secondary N) is 1. The average molecular weight is 196 g/mol. The highest BCUT2D eigenvalue weighted by molar-refractivity contribution is 4.83. The van der Waals surface area contributed by atoms with E-state index < -0.39 is 0 Å². The second-order valence-electron chi connectivity index (χ2n) is 5.40. The van der Waals surface area contributed by atoms with Crippen molar-refractivity contribution in [2.75, 3.05) is 26.2 Å². The summed E-state index contributed by atoms with van der Waals surface area (Å²) in [5.74, 6) is 1.81. The Kier molecular flexibility index (Phi) is 3.45. The van der Waals surface area contributed by atoms with E-state index in [2.05, 4.69) is 24.1 Å². The maximum Gasteiger partial charge on any atom is 0.0221 e. The molecule has 0 radical (unpaired) electrons. The number of rotatable bonds is 1. The third kappa shape index (κ3) is 2.48. The van der Waals surface area contributed by atoms with E-state index in [1.807, 2.05) is 0 Å². The summed E-state index contributed by atoms with van der Waals surface area (Å²) in [5, 5.41) is 3.52. The van der Waals surface area contributed by atoms with Gasteiger partial charge in [-0.05, 0) is 37.6 Å². The summed E-state index contributed by atoms with van der Waals surface area (Å²) >= 11 is 0. The van der Waals surface area contributed by atoms with E-state index >= 15 is 0 Å². The van der Waals surface area contributed by atoms with Gasteiger partial charge in [-0.1, -0.05) is 13.8 Å². The third-order valence-electron chi connectivity index (χ3n) is 3.68. The van der Waals surface area contributed by atoms with E-state index in [1.165, 1.54) is 45.4 Å². The van der Waals surface area contributed by atoms with E-state index in [1.54, 1.807) is 0 Å². The minimum atomic E-state index is 0.828. The molecule has 3 atom stereocenters. The SMILES string of the molecule is CC1CC(C)CN(C2CCCNC2)C1. The highest BCUT2D eigenvalue weighted by Crippen LogP contribution is 2.24. The number of hydrogen-bond donors (Lipinski definition) is 1. The van der Waals surface area contributed by atoms with E-state index in [0.29, 0.717) is 0 Å². The molecule has 2 saturated heterocycles. The molecule has 0 saturated carbocycles. The van der Waals surface area contributed by atoms with E-state index in [-0.39, 0.29) is 0 Å². The van der Waals surface area contributed by atoms with Gasteiger partial charge >= 0.3 is 0 Å². The molecule has 82 valence electrons. The first-order valence-corrected chi connectivity index (χ1v) is 6.20. The van der Waals surface area contributed by atoms with Crippen LogP contribution >= 0.6 is 0 Å². The van der Waals surface area contributed by atoms with Gasteiger partial charge in [0.15, 0.2) is 0 Å². The van der Waals surface area contributed by atoms with Crippen molar-refractivity contribution in [3.8, 4) is 0 Å². The van der Waals surface area contributed by atoms with Crippen LogP contribution in [-0.2, 0) is 0 Å². The maximum absolute atomic E-state index is 3.52. The minimum absolute atomic E-state index is 0.828. The molecule has 0 bridgehead atoms. The Morgan fingerprint density at radius 1 is 1.14 bits per heavy atom. The van der Waals surface area contributed by atoms with Gasteiger partial charge in [-0.15, -0.1) is 0 Å². The van der Waals surface area contributed by atoms with Crippen molar-refractivity contribution in [1.82, 2.24) is 10.2 Å². The molecule has 0 aromatic heterocycles. The molecule has 14 heavy (non-hydrogen) atoms. The normalized spacial score (nSPS) is 41.1. The first kappa shape index (κ1) is 10.4. The highest BCUT2D eigenvalue weighted by atomic mass is 15.2. The van der Waals surface area contributed by atoms with E-state index in [4.69, 9.17) is 0 Å². The molecule has 2 fully saturated rings. The molecule has 0 spiro atoms. The fraction of sp³-hybridized carbons (Fsp3) is 1.00. The van der Waals surface area contributed by atoms with Gasteiger partial charge in [0.05, 0.1) is 0 Å². The van der Waals surface area contributed by atoms with Crippen LogP contribution in [0.2, 0.25) is 0 Å². The van der Waals surface area contributed by atoms with Crippen LogP contribution in [0.4, 0.5) is 0 Å². The summed E-state index contributed by atoms with van der Waals surface area (Å²) in [4.78, 5) is 2.73. The molecule has 0 aromatic carbocycles. The zero-order valence-corrected chi connectivity index (χ0v) is 9.63. The molecule has 0 amide bonds. The molecule has 2 aliphatic rings. The Hall–Kier alpha value is -0.0800. The summed E-state index contributed by atoms with van der Waals surface area (Å²) in [6, 6.07) is 0.828. The fourth-order valence-corrected chi connectivity index (χ4v) is 3.15. The Morgan fingerprint density at radius 2 is 1.86 bits per heavy atom. The van der Waals surface area contributed by atoms with Crippen molar-refractivity contribution in [1.29, 1.82) is 0 Å². The number of nitrogens with zero attached hydrogens (tertiary/aromatic N) is 1. The first-order chi connectivity index (χ1) is 6.75. The summed E-state index contributed by atoms with van der Waals surface area (Å²) in [7, 11) is 0. The van der Waals surface area contributed by atoms with Crippen molar-refractivity contribution < 1.29 is 0 Å². The number of piperidine rings is 2. The number of likely N-dealkylation sites (tertiary alicyclic amines) is 1. The standard InChI is InChI=1S/C12H24N2/c1-10-6-11(2)9-14(8-10)12-4-3-5-13-7-12/h10-13H,3-9H2,1-2H3. The molecule has 2 nitrogen and oxygen atoms in total. The molecular formula is C12H24N2. The van der Waals surface area contributed by atoms with Crippen molar-refractivity contribution in [2.24, 2.45) is 11.8 Å². The predicted octanol–water partition coefficient (Wildman–Crippen LogP) is 1.72. The van der Waals surface area contributed by atoms with Gasteiger partial charge < -0.3 is 5.32 Å². The van der Waals surface area contributed by atoms with Crippen LogP contribution in [0.5, 0.6) is 0 Å². The second kappa shape index (κ2) is 4.63. The smallest absolute Gasteiger partial charge is 0.0221 e. The zero-order chi connectivity index (χ0) is 9.97. The van der Waals surface area contributed by atoms with Gasteiger partial charge in [0.25, 0.3) is 0 Å². The summed E-state index contributed by atoms with van der Waals surface area (Å²) in [6.45, 7) is 9.92. The lowest BCUT2D eigenvalue weighted by molar-refractivity contribution is 0.0820. The van der Waals surface area contributed by atoms with Gasteiger partial charge in [0.2, 0.25) is 0 Å². The quantitative estimate of drug-likeness (QED) is 0.687. The highest BCUT2D eigenvalue weighted by Gasteiger charge is 2.27. The first-order valence-electron chi connectivity index (χ1n) is 6.20. The van der Waals surface area contributed by atoms with Crippen LogP contribution in [0.1, 0.15) is 33.1 Å². The summed E-state index contributed by atoms with van der Waals surface area (Å²) < 4.78 is 0. The van der Waals surface area contributed by atoms with Gasteiger partial charge in [-0.25, -0.2) is 0 Å². The lowest BCUT2D eigenvalue weighted by Gasteiger charge is -2.41. The second-order valence-corrected chi connectivity index (χ2v) is 5.40. The number of hydrogen-bond acceptors (Lipinski definition) is 2.